The van der Waals surface area contributed by atoms with Crippen LogP contribution in [0.2, 0.25) is 0 Å². The van der Waals surface area contributed by atoms with Crippen LogP contribution in [0.4, 0.5) is 0 Å². The minimum atomic E-state index is -1.06. The Morgan fingerprint density at radius 1 is 1.09 bits per heavy atom. The molecule has 1 saturated heterocycles. The van der Waals surface area contributed by atoms with Crippen LogP contribution in [0.5, 0.6) is 0 Å². The summed E-state index contributed by atoms with van der Waals surface area (Å²) in [5.74, 6) is 0. The second-order valence-corrected chi connectivity index (χ2v) is 9.70. The number of benzene rings is 2. The number of aromatic nitrogens is 1. The van der Waals surface area contributed by atoms with Crippen molar-refractivity contribution >= 4 is 21.4 Å². The molecule has 4 unspecified atom stereocenters. The van der Waals surface area contributed by atoms with Gasteiger partial charge in [0.05, 0.1) is 18.8 Å². The fraction of sp³-hybridized carbons (Fsp3) is 0.308. The van der Waals surface area contributed by atoms with Crippen molar-refractivity contribution in [1.29, 1.82) is 0 Å². The highest BCUT2D eigenvalue weighted by Crippen LogP contribution is 2.39. The van der Waals surface area contributed by atoms with Crippen LogP contribution in [-0.2, 0) is 11.2 Å². The van der Waals surface area contributed by atoms with Crippen LogP contribution in [0.3, 0.4) is 0 Å². The molecule has 5 nitrogen and oxygen atoms in total. The van der Waals surface area contributed by atoms with Crippen LogP contribution in [0, 0.1) is 6.92 Å². The molecule has 2 aromatic heterocycles. The minimum absolute atomic E-state index is 0.196. The molecule has 0 amide bonds. The first-order valence-corrected chi connectivity index (χ1v) is 11.7. The van der Waals surface area contributed by atoms with Crippen LogP contribution in [0.1, 0.15) is 34.1 Å². The van der Waals surface area contributed by atoms with Crippen molar-refractivity contribution in [3.8, 4) is 11.3 Å². The predicted molar refractivity (Wildman–Crippen MR) is 127 cm³/mol. The summed E-state index contributed by atoms with van der Waals surface area (Å²) >= 11 is 1.79. The molecule has 0 saturated carbocycles. The van der Waals surface area contributed by atoms with Gasteiger partial charge in [0.2, 0.25) is 0 Å². The summed E-state index contributed by atoms with van der Waals surface area (Å²) in [4.78, 5) is 4.52. The smallest absolute Gasteiger partial charge is 0.112 e. The quantitative estimate of drug-likeness (QED) is 0.365. The van der Waals surface area contributed by atoms with Crippen molar-refractivity contribution in [1.82, 2.24) is 4.98 Å². The minimum Gasteiger partial charge on any atom is -0.394 e. The molecule has 3 heterocycles. The summed E-state index contributed by atoms with van der Waals surface area (Å²) in [5, 5.41) is 32.1. The van der Waals surface area contributed by atoms with E-state index in [2.05, 4.69) is 54.4 Å². The number of hydrogen-bond acceptors (Lipinski definition) is 5. The second-order valence-electron chi connectivity index (χ2n) is 8.53. The lowest BCUT2D eigenvalue weighted by molar-refractivity contribution is -0.179. The number of thiophene rings is 1. The maximum atomic E-state index is 10.8. The highest BCUT2D eigenvalue weighted by Gasteiger charge is 2.38. The van der Waals surface area contributed by atoms with Gasteiger partial charge in [-0.25, -0.2) is 0 Å². The third-order valence-electron chi connectivity index (χ3n) is 6.30. The van der Waals surface area contributed by atoms with Crippen LogP contribution < -0.4 is 0 Å². The molecule has 1 fully saturated rings. The number of nitrogens with one attached hydrogen (secondary N) is 1. The Kier molecular flexibility index (Phi) is 5.88. The lowest BCUT2D eigenvalue weighted by Gasteiger charge is -2.37. The van der Waals surface area contributed by atoms with Gasteiger partial charge in [0.1, 0.15) is 12.2 Å². The first-order valence-electron chi connectivity index (χ1n) is 10.9. The summed E-state index contributed by atoms with van der Waals surface area (Å²) in [6.07, 6.45) is -0.396. The molecule has 1 aliphatic heterocycles. The number of aromatic amines is 1. The summed E-state index contributed by atoms with van der Waals surface area (Å²) in [7, 11) is 0. The number of aliphatic hydroxyl groups is 3. The number of hydrogen-bond donors (Lipinski definition) is 4. The predicted octanol–water partition coefficient (Wildman–Crippen LogP) is 4.34. The van der Waals surface area contributed by atoms with Crippen molar-refractivity contribution in [2.75, 3.05) is 6.61 Å². The summed E-state index contributed by atoms with van der Waals surface area (Å²) in [5.41, 5.74) is 4.98. The molecule has 0 aliphatic carbocycles. The van der Waals surface area contributed by atoms with Gasteiger partial charge < -0.3 is 25.0 Å². The molecule has 0 spiro atoms. The standard InChI is InChI=1S/C26H27NO4S/c1-15-9-20(22-6-4-8-27-22)21(26-25(30)23(29)13-18(14-28)31-26)12-17(15)11-19-10-16-5-2-3-7-24(16)32-19/h2-10,12,18,23,25-30H,11,13-14H2,1H3. The zero-order valence-corrected chi connectivity index (χ0v) is 18.7. The lowest BCUT2D eigenvalue weighted by atomic mass is 9.87. The maximum Gasteiger partial charge on any atom is 0.112 e. The number of rotatable bonds is 5. The summed E-state index contributed by atoms with van der Waals surface area (Å²) < 4.78 is 7.33. The Morgan fingerprint density at radius 2 is 1.94 bits per heavy atom. The highest BCUT2D eigenvalue weighted by atomic mass is 32.1. The Bertz CT molecular complexity index is 1180. The van der Waals surface area contributed by atoms with Gasteiger partial charge in [0.25, 0.3) is 0 Å². The van der Waals surface area contributed by atoms with Gasteiger partial charge in [0, 0.05) is 39.9 Å². The number of H-pyrrole nitrogens is 1. The van der Waals surface area contributed by atoms with E-state index in [1.54, 1.807) is 11.3 Å². The Labute approximate surface area is 190 Å². The summed E-state index contributed by atoms with van der Waals surface area (Å²) in [6, 6.07) is 18.7. The third kappa shape index (κ3) is 4.00. The van der Waals surface area contributed by atoms with E-state index in [9.17, 15) is 15.3 Å². The number of ether oxygens (including phenoxy) is 1. The first kappa shape index (κ1) is 21.4. The van der Waals surface area contributed by atoms with Crippen LogP contribution >= 0.6 is 11.3 Å². The van der Waals surface area contributed by atoms with E-state index in [1.165, 1.54) is 15.0 Å². The number of aryl methyl sites for hydroxylation is 1. The van der Waals surface area contributed by atoms with Gasteiger partial charge in [-0.05, 0) is 59.3 Å². The largest absolute Gasteiger partial charge is 0.394 e. The Hall–Kier alpha value is -2.48. The first-order chi connectivity index (χ1) is 15.5. The normalized spacial score (nSPS) is 23.6. The van der Waals surface area contributed by atoms with E-state index in [1.807, 2.05) is 18.3 Å². The zero-order valence-electron chi connectivity index (χ0n) is 17.9. The molecular formula is C26H27NO4S. The molecular weight excluding hydrogens is 422 g/mol. The van der Waals surface area contributed by atoms with Gasteiger partial charge >= 0.3 is 0 Å². The van der Waals surface area contributed by atoms with Gasteiger partial charge in [0.15, 0.2) is 0 Å². The maximum absolute atomic E-state index is 10.8. The zero-order chi connectivity index (χ0) is 22.2. The van der Waals surface area contributed by atoms with Gasteiger partial charge in [-0.3, -0.25) is 0 Å². The lowest BCUT2D eigenvalue weighted by Crippen LogP contribution is -2.44. The van der Waals surface area contributed by atoms with Gasteiger partial charge in [-0.1, -0.05) is 24.3 Å². The summed E-state index contributed by atoms with van der Waals surface area (Å²) in [6.45, 7) is 1.90. The van der Waals surface area contributed by atoms with Crippen molar-refractivity contribution in [2.45, 2.75) is 44.2 Å². The van der Waals surface area contributed by atoms with Crippen molar-refractivity contribution in [3.63, 3.8) is 0 Å². The van der Waals surface area contributed by atoms with Gasteiger partial charge in [-0.2, -0.15) is 0 Å². The van der Waals surface area contributed by atoms with E-state index in [0.29, 0.717) is 0 Å². The molecule has 4 N–H and O–H groups in total. The van der Waals surface area contributed by atoms with E-state index in [-0.39, 0.29) is 13.0 Å². The molecule has 5 rings (SSSR count). The van der Waals surface area contributed by atoms with E-state index in [4.69, 9.17) is 4.74 Å². The van der Waals surface area contributed by atoms with E-state index < -0.39 is 24.4 Å². The van der Waals surface area contributed by atoms with E-state index in [0.717, 1.165) is 34.4 Å². The number of fused-ring (bicyclic) bond motifs is 1. The molecule has 0 radical (unpaired) electrons. The SMILES string of the molecule is Cc1cc(-c2ccc[nH]2)c(C2OC(CO)CC(O)C2O)cc1Cc1cc2ccccc2s1. The molecule has 0 bridgehead atoms. The molecule has 166 valence electrons. The molecule has 1 aliphatic rings. The van der Waals surface area contributed by atoms with Crippen LogP contribution in [0.15, 0.2) is 60.8 Å². The van der Waals surface area contributed by atoms with Crippen molar-refractivity contribution < 1.29 is 20.1 Å². The third-order valence-corrected chi connectivity index (χ3v) is 7.41. The highest BCUT2D eigenvalue weighted by molar-refractivity contribution is 7.19. The average molecular weight is 450 g/mol. The fourth-order valence-electron chi connectivity index (χ4n) is 4.57. The molecule has 6 heteroatoms. The second kappa shape index (κ2) is 8.81. The molecule has 32 heavy (non-hydrogen) atoms. The fourth-order valence-corrected chi connectivity index (χ4v) is 5.66. The monoisotopic (exact) mass is 449 g/mol. The van der Waals surface area contributed by atoms with Crippen LogP contribution in [-0.4, -0.2) is 45.2 Å². The van der Waals surface area contributed by atoms with E-state index >= 15 is 0 Å². The topological polar surface area (TPSA) is 85.7 Å². The van der Waals surface area contributed by atoms with Crippen molar-refractivity contribution in [2.24, 2.45) is 0 Å². The average Bonchev–Trinajstić information content (AvgIpc) is 3.46. The molecule has 2 aromatic carbocycles. The Balaban J connectivity index is 1.58. The molecule has 4 atom stereocenters. The Morgan fingerprint density at radius 3 is 2.69 bits per heavy atom. The van der Waals surface area contributed by atoms with Crippen LogP contribution in [0.25, 0.3) is 21.3 Å². The molecule has 4 aromatic rings. The van der Waals surface area contributed by atoms with Gasteiger partial charge in [-0.15, -0.1) is 11.3 Å². The van der Waals surface area contributed by atoms with Crippen molar-refractivity contribution in [3.05, 3.63) is 82.4 Å². The number of aliphatic hydroxyl groups excluding tert-OH is 3.